The largest absolute Gasteiger partial charge is 0.501 e. The molecule has 0 unspecified atom stereocenters. The van der Waals surface area contributed by atoms with Crippen LogP contribution >= 0.6 is 23.4 Å². The highest BCUT2D eigenvalue weighted by Crippen LogP contribution is 2.43. The number of hydrogen-bond acceptors (Lipinski definition) is 14. The minimum Gasteiger partial charge on any atom is -0.380 e. The number of carbonyl (C=O) groups is 3. The van der Waals surface area contributed by atoms with Crippen molar-refractivity contribution >= 4 is 83.8 Å². The molecule has 0 bridgehead atoms. The third kappa shape index (κ3) is 15.1. The Morgan fingerprint density at radius 3 is 2.15 bits per heavy atom. The third-order valence-corrected chi connectivity index (χ3v) is 19.4. The van der Waals surface area contributed by atoms with Gasteiger partial charge in [0.2, 0.25) is 11.9 Å². The van der Waals surface area contributed by atoms with Gasteiger partial charge in [0.15, 0.2) is 0 Å². The van der Waals surface area contributed by atoms with Crippen LogP contribution in [0.25, 0.3) is 5.57 Å². The number of alkyl halides is 3. The molecule has 4 aliphatic rings. The molecule has 3 saturated heterocycles. The first-order chi connectivity index (χ1) is 38.5. The molecule has 81 heavy (non-hydrogen) atoms. The molecule has 24 heteroatoms. The van der Waals surface area contributed by atoms with E-state index in [1.165, 1.54) is 51.6 Å². The SMILES string of the molecule is CC1(C)CCC(c2ccc(Cl)cc2)=C(CN2CCN(c3ccc(C(=O)NS(=O)(=O)c4ccc(N[C@H](CCN5CCN(Cc6cc(F)nc(N7CCC(=O)NC7=O)c6)CC5)CSc5ccccc5)c(S(=O)(=O)C(F)(F)F)c4)cc3)CC2)C1. The topological polar surface area (TPSA) is 185 Å². The molecule has 3 fully saturated rings. The maximum absolute atomic E-state index is 14.7. The number of benzene rings is 4. The van der Waals surface area contributed by atoms with Gasteiger partial charge in [-0.3, -0.25) is 29.6 Å². The summed E-state index contributed by atoms with van der Waals surface area (Å²) in [7, 11) is -11.1. The number of rotatable bonds is 19. The quantitative estimate of drug-likeness (QED) is 0.0404. The predicted molar refractivity (Wildman–Crippen MR) is 306 cm³/mol. The summed E-state index contributed by atoms with van der Waals surface area (Å²) in [5.74, 6) is -1.89. The van der Waals surface area contributed by atoms with E-state index in [0.29, 0.717) is 75.4 Å². The minimum absolute atomic E-state index is 0.0349. The number of allylic oxidation sites excluding steroid dienone is 1. The van der Waals surface area contributed by atoms with Crippen LogP contribution < -0.4 is 25.2 Å². The van der Waals surface area contributed by atoms with E-state index in [1.54, 1.807) is 18.2 Å². The molecule has 9 rings (SSSR count). The molecule has 4 amide bonds. The molecule has 4 aromatic carbocycles. The molecular formula is C57H64ClF4N9O7S3. The lowest BCUT2D eigenvalue weighted by atomic mass is 9.73. The summed E-state index contributed by atoms with van der Waals surface area (Å²) in [5, 5.41) is 5.92. The van der Waals surface area contributed by atoms with Crippen molar-refractivity contribution in [2.24, 2.45) is 5.41 Å². The number of nitrogens with one attached hydrogen (secondary N) is 3. The van der Waals surface area contributed by atoms with Crippen LogP contribution in [0, 0.1) is 11.4 Å². The lowest BCUT2D eigenvalue weighted by Crippen LogP contribution is -2.50. The van der Waals surface area contributed by atoms with E-state index >= 15 is 0 Å². The molecule has 1 aromatic heterocycles. The summed E-state index contributed by atoms with van der Waals surface area (Å²) in [6.07, 6.45) is 3.49. The number of nitrogens with zero attached hydrogens (tertiary/aromatic N) is 6. The summed E-state index contributed by atoms with van der Waals surface area (Å²) in [6, 6.07) is 27.5. The van der Waals surface area contributed by atoms with Crippen LogP contribution in [0.3, 0.4) is 0 Å². The van der Waals surface area contributed by atoms with Gasteiger partial charge in [-0.25, -0.2) is 31.3 Å². The average Bonchev–Trinajstić information content (AvgIpc) is 3.51. The highest BCUT2D eigenvalue weighted by atomic mass is 35.5. The fourth-order valence-corrected chi connectivity index (χ4v) is 13.8. The maximum atomic E-state index is 14.7. The highest BCUT2D eigenvalue weighted by molar-refractivity contribution is 7.99. The van der Waals surface area contributed by atoms with E-state index in [1.807, 2.05) is 47.2 Å². The number of amides is 4. The molecule has 5 aromatic rings. The second-order valence-corrected chi connectivity index (χ2v) is 26.7. The van der Waals surface area contributed by atoms with Crippen LogP contribution in [0.5, 0.6) is 0 Å². The Hall–Kier alpha value is -6.08. The van der Waals surface area contributed by atoms with Crippen molar-refractivity contribution in [2.75, 3.05) is 92.9 Å². The van der Waals surface area contributed by atoms with Gasteiger partial charge >= 0.3 is 11.5 Å². The molecule has 0 saturated carbocycles. The summed E-state index contributed by atoms with van der Waals surface area (Å²) >= 11 is 7.61. The minimum atomic E-state index is -6.15. The number of aromatic nitrogens is 1. The Bertz CT molecular complexity index is 3360. The molecule has 0 spiro atoms. The lowest BCUT2D eigenvalue weighted by molar-refractivity contribution is -0.120. The van der Waals surface area contributed by atoms with Crippen LogP contribution in [0.4, 0.5) is 39.5 Å². The lowest BCUT2D eigenvalue weighted by Gasteiger charge is -2.39. The second kappa shape index (κ2) is 25.2. The number of sulfone groups is 1. The van der Waals surface area contributed by atoms with E-state index in [-0.39, 0.29) is 35.5 Å². The first kappa shape index (κ1) is 59.5. The number of anilines is 3. The van der Waals surface area contributed by atoms with Crippen molar-refractivity contribution in [2.45, 2.75) is 78.7 Å². The fourth-order valence-electron chi connectivity index (χ4n) is 10.6. The number of halogens is 5. The Kier molecular flexibility index (Phi) is 18.5. The predicted octanol–water partition coefficient (Wildman–Crippen LogP) is 9.30. The monoisotopic (exact) mass is 1190 g/mol. The molecule has 16 nitrogen and oxygen atoms in total. The average molecular weight is 1190 g/mol. The zero-order valence-corrected chi connectivity index (χ0v) is 48.1. The molecule has 432 valence electrons. The van der Waals surface area contributed by atoms with Gasteiger partial charge in [0.25, 0.3) is 25.8 Å². The van der Waals surface area contributed by atoms with Crippen LogP contribution in [0.1, 0.15) is 67.4 Å². The Labute approximate surface area is 479 Å². The van der Waals surface area contributed by atoms with Gasteiger partial charge in [0.05, 0.1) is 10.6 Å². The van der Waals surface area contributed by atoms with Gasteiger partial charge in [-0.2, -0.15) is 17.6 Å². The number of sulfonamides is 1. The van der Waals surface area contributed by atoms with E-state index in [0.717, 1.165) is 61.6 Å². The van der Waals surface area contributed by atoms with E-state index in [9.17, 15) is 48.8 Å². The van der Waals surface area contributed by atoms with E-state index < -0.39 is 70.7 Å². The molecule has 1 atom stereocenters. The van der Waals surface area contributed by atoms with Gasteiger partial charge in [0.1, 0.15) is 10.7 Å². The summed E-state index contributed by atoms with van der Waals surface area (Å²) in [4.78, 5) is 50.2. The van der Waals surface area contributed by atoms with Crippen LogP contribution in [0.2, 0.25) is 5.02 Å². The second-order valence-electron chi connectivity index (χ2n) is 21.6. The number of imide groups is 1. The van der Waals surface area contributed by atoms with Gasteiger partial charge in [-0.05, 0) is 127 Å². The number of carbonyl (C=O) groups excluding carboxylic acids is 3. The first-order valence-electron chi connectivity index (χ1n) is 26.7. The van der Waals surface area contributed by atoms with Crippen molar-refractivity contribution in [3.05, 3.63) is 142 Å². The summed E-state index contributed by atoms with van der Waals surface area (Å²) < 4.78 is 114. The van der Waals surface area contributed by atoms with Crippen LogP contribution in [0.15, 0.2) is 129 Å². The van der Waals surface area contributed by atoms with Gasteiger partial charge in [-0.1, -0.05) is 61.4 Å². The van der Waals surface area contributed by atoms with Crippen molar-refractivity contribution < 1.29 is 48.8 Å². The number of pyridine rings is 1. The zero-order chi connectivity index (χ0) is 57.7. The molecule has 1 aliphatic carbocycles. The van der Waals surface area contributed by atoms with Crippen LogP contribution in [-0.2, 0) is 31.2 Å². The molecular weight excluding hydrogens is 1130 g/mol. The Balaban J connectivity index is 0.836. The van der Waals surface area contributed by atoms with Crippen molar-refractivity contribution in [1.29, 1.82) is 0 Å². The van der Waals surface area contributed by atoms with E-state index in [4.69, 9.17) is 11.6 Å². The molecule has 3 N–H and O–H groups in total. The normalized spacial score (nSPS) is 18.4. The smallest absolute Gasteiger partial charge is 0.380 e. The summed E-state index contributed by atoms with van der Waals surface area (Å²) in [6.45, 7) is 11.6. The maximum Gasteiger partial charge on any atom is 0.501 e. The Morgan fingerprint density at radius 2 is 1.47 bits per heavy atom. The summed E-state index contributed by atoms with van der Waals surface area (Å²) in [5.41, 5.74) is -0.705. The van der Waals surface area contributed by atoms with Crippen molar-refractivity contribution in [1.82, 2.24) is 29.7 Å². The zero-order valence-electron chi connectivity index (χ0n) is 44.9. The number of thioether (sulfide) groups is 1. The van der Waals surface area contributed by atoms with Crippen molar-refractivity contribution in [3.63, 3.8) is 0 Å². The van der Waals surface area contributed by atoms with Crippen LogP contribution in [-0.4, -0.2) is 144 Å². The van der Waals surface area contributed by atoms with Gasteiger partial charge in [-0.15, -0.1) is 11.8 Å². The number of hydrogen-bond donors (Lipinski definition) is 3. The fraction of sp³-hybridized carbons (Fsp3) is 0.404. The highest BCUT2D eigenvalue weighted by Gasteiger charge is 2.48. The van der Waals surface area contributed by atoms with E-state index in [2.05, 4.69) is 61.2 Å². The molecule has 0 radical (unpaired) electrons. The third-order valence-electron chi connectivity index (χ3n) is 15.1. The molecule has 4 heterocycles. The number of urea groups is 1. The molecule has 3 aliphatic heterocycles. The Morgan fingerprint density at radius 1 is 0.802 bits per heavy atom. The van der Waals surface area contributed by atoms with Gasteiger partial charge < -0.3 is 15.1 Å². The first-order valence-corrected chi connectivity index (χ1v) is 31.1. The standard InChI is InChI=1S/C57H64ClF4N9O7S3/c1-56(2)21-18-48(40-8-12-43(58)13-9-40)42(35-56)37-69-28-30-70(31-29-69)45-14-10-41(11-15-45)54(73)66-81(77,78)47-16-17-49(50(34-47)80(75,76)57(60,61)62)63-44(38-79-46-6-4-3-5-7-46)19-22-67-24-26-68(27-25-67)36-39-32-51(59)64-52(33-39)71-23-20-53(72)65-55(71)74/h3-17,32-34,44,63H,18-31,35-38H2,1-2H3,(H,66,73)(H,65,72,74)/t44-/m1/s1. The van der Waals surface area contributed by atoms with Crippen molar-refractivity contribution in [3.8, 4) is 0 Å². The van der Waals surface area contributed by atoms with Gasteiger partial charge in [0, 0.05) is 118 Å². The number of piperazine rings is 2.